The van der Waals surface area contributed by atoms with E-state index in [-0.39, 0.29) is 17.6 Å². The Morgan fingerprint density at radius 1 is 1.25 bits per heavy atom. The monoisotopic (exact) mass is 170 g/mol. The van der Waals surface area contributed by atoms with Gasteiger partial charge >= 0.3 is 5.97 Å². The standard InChI is InChI=1S/C8H8O3.H2O/c9-7-3-1-6(2-4-7)5-8(10)11;/h1-4,9H,5H2,(H,10,11);1H2. The third-order valence-corrected chi connectivity index (χ3v) is 1.29. The second kappa shape index (κ2) is 4.35. The lowest BCUT2D eigenvalue weighted by Gasteiger charge is -1.95. The van der Waals surface area contributed by atoms with E-state index in [0.717, 1.165) is 0 Å². The molecule has 12 heavy (non-hydrogen) atoms. The average Bonchev–Trinajstić information content (AvgIpc) is 1.93. The number of phenols is 1. The topological polar surface area (TPSA) is 89.0 Å². The third-order valence-electron chi connectivity index (χ3n) is 1.29. The smallest absolute Gasteiger partial charge is 0.307 e. The average molecular weight is 170 g/mol. The fourth-order valence-corrected chi connectivity index (χ4v) is 0.788. The zero-order valence-corrected chi connectivity index (χ0v) is 6.32. The van der Waals surface area contributed by atoms with Gasteiger partial charge in [0.15, 0.2) is 0 Å². The van der Waals surface area contributed by atoms with Crippen LogP contribution in [-0.2, 0) is 11.2 Å². The molecule has 0 aliphatic rings. The maximum atomic E-state index is 10.2. The SMILES string of the molecule is O.O=C(O)Cc1ccc(O)cc1. The predicted octanol–water partition coefficient (Wildman–Crippen LogP) is 0.195. The molecule has 0 aromatic heterocycles. The lowest BCUT2D eigenvalue weighted by atomic mass is 10.1. The number of phenolic OH excluding ortho intramolecular Hbond substituents is 1. The van der Waals surface area contributed by atoms with Crippen LogP contribution in [0.2, 0.25) is 0 Å². The summed E-state index contributed by atoms with van der Waals surface area (Å²) in [4.78, 5) is 10.2. The Hall–Kier alpha value is -1.55. The number of carboxylic acids is 1. The van der Waals surface area contributed by atoms with E-state index in [9.17, 15) is 4.79 Å². The molecule has 66 valence electrons. The molecule has 4 heteroatoms. The van der Waals surface area contributed by atoms with E-state index in [1.165, 1.54) is 12.1 Å². The van der Waals surface area contributed by atoms with Gasteiger partial charge in [-0.2, -0.15) is 0 Å². The number of carboxylic acid groups (broad SMARTS) is 1. The highest BCUT2D eigenvalue weighted by Crippen LogP contribution is 2.09. The first-order valence-corrected chi connectivity index (χ1v) is 3.18. The Kier molecular flexibility index (Phi) is 3.79. The minimum Gasteiger partial charge on any atom is -0.508 e. The first kappa shape index (κ1) is 10.4. The zero-order chi connectivity index (χ0) is 8.27. The number of aromatic hydroxyl groups is 1. The van der Waals surface area contributed by atoms with Crippen molar-refractivity contribution in [2.75, 3.05) is 0 Å². The normalized spacial score (nSPS) is 8.67. The molecule has 1 aromatic carbocycles. The van der Waals surface area contributed by atoms with Gasteiger partial charge in [-0.05, 0) is 17.7 Å². The van der Waals surface area contributed by atoms with Crippen molar-refractivity contribution in [3.8, 4) is 5.75 Å². The van der Waals surface area contributed by atoms with E-state index in [0.29, 0.717) is 5.56 Å². The summed E-state index contributed by atoms with van der Waals surface area (Å²) in [5.74, 6) is -0.713. The van der Waals surface area contributed by atoms with Gasteiger partial charge in [0.25, 0.3) is 0 Å². The molecule has 0 aliphatic carbocycles. The van der Waals surface area contributed by atoms with Crippen molar-refractivity contribution < 1.29 is 20.5 Å². The van der Waals surface area contributed by atoms with Crippen molar-refractivity contribution in [1.29, 1.82) is 0 Å². The van der Waals surface area contributed by atoms with Gasteiger partial charge in [-0.3, -0.25) is 4.79 Å². The Morgan fingerprint density at radius 3 is 2.17 bits per heavy atom. The van der Waals surface area contributed by atoms with Crippen LogP contribution in [0.15, 0.2) is 24.3 Å². The molecule has 4 N–H and O–H groups in total. The second-order valence-corrected chi connectivity index (χ2v) is 2.24. The van der Waals surface area contributed by atoms with E-state index in [4.69, 9.17) is 10.2 Å². The third kappa shape index (κ3) is 3.03. The van der Waals surface area contributed by atoms with Gasteiger partial charge in [0, 0.05) is 0 Å². The summed E-state index contributed by atoms with van der Waals surface area (Å²) in [5, 5.41) is 17.2. The molecular weight excluding hydrogens is 160 g/mol. The van der Waals surface area contributed by atoms with Crippen LogP contribution in [0.5, 0.6) is 5.75 Å². The Balaban J connectivity index is 0.00000121. The Labute approximate surface area is 69.4 Å². The van der Waals surface area contributed by atoms with Crippen molar-refractivity contribution in [3.05, 3.63) is 29.8 Å². The van der Waals surface area contributed by atoms with Crippen molar-refractivity contribution in [1.82, 2.24) is 0 Å². The molecule has 1 rings (SSSR count). The number of aliphatic carboxylic acids is 1. The van der Waals surface area contributed by atoms with Gasteiger partial charge in [-0.1, -0.05) is 12.1 Å². The van der Waals surface area contributed by atoms with Crippen LogP contribution in [0.25, 0.3) is 0 Å². The molecule has 0 heterocycles. The number of benzene rings is 1. The number of hydrogen-bond acceptors (Lipinski definition) is 2. The summed E-state index contributed by atoms with van der Waals surface area (Å²) in [6, 6.07) is 6.11. The van der Waals surface area contributed by atoms with E-state index in [1.54, 1.807) is 12.1 Å². The number of rotatable bonds is 2. The minimum atomic E-state index is -0.865. The highest BCUT2D eigenvalue weighted by molar-refractivity contribution is 5.70. The molecule has 0 saturated heterocycles. The van der Waals surface area contributed by atoms with Gasteiger partial charge in [-0.15, -0.1) is 0 Å². The van der Waals surface area contributed by atoms with Crippen molar-refractivity contribution in [3.63, 3.8) is 0 Å². The molecule has 0 spiro atoms. The molecule has 0 radical (unpaired) electrons. The first-order chi connectivity index (χ1) is 5.18. The highest BCUT2D eigenvalue weighted by Gasteiger charge is 1.98. The molecule has 0 amide bonds. The maximum Gasteiger partial charge on any atom is 0.307 e. The van der Waals surface area contributed by atoms with Gasteiger partial charge in [0.1, 0.15) is 5.75 Å². The van der Waals surface area contributed by atoms with E-state index in [2.05, 4.69) is 0 Å². The van der Waals surface area contributed by atoms with Crippen LogP contribution >= 0.6 is 0 Å². The fraction of sp³-hybridized carbons (Fsp3) is 0.125. The maximum absolute atomic E-state index is 10.2. The predicted molar refractivity (Wildman–Crippen MR) is 43.1 cm³/mol. The zero-order valence-electron chi connectivity index (χ0n) is 6.32. The lowest BCUT2D eigenvalue weighted by Crippen LogP contribution is -1.98. The van der Waals surface area contributed by atoms with Gasteiger partial charge in [0.2, 0.25) is 0 Å². The summed E-state index contributed by atoms with van der Waals surface area (Å²) >= 11 is 0. The van der Waals surface area contributed by atoms with Crippen LogP contribution < -0.4 is 0 Å². The Morgan fingerprint density at radius 2 is 1.75 bits per heavy atom. The van der Waals surface area contributed by atoms with Crippen LogP contribution in [0.3, 0.4) is 0 Å². The van der Waals surface area contributed by atoms with Gasteiger partial charge in [0.05, 0.1) is 6.42 Å². The summed E-state index contributed by atoms with van der Waals surface area (Å²) in [6.45, 7) is 0. The Bertz CT molecular complexity index is 252. The van der Waals surface area contributed by atoms with E-state index in [1.807, 2.05) is 0 Å². The summed E-state index contributed by atoms with van der Waals surface area (Å²) in [6.07, 6.45) is 0.000278. The van der Waals surface area contributed by atoms with Crippen LogP contribution in [-0.4, -0.2) is 21.7 Å². The summed E-state index contributed by atoms with van der Waals surface area (Å²) in [7, 11) is 0. The van der Waals surface area contributed by atoms with Gasteiger partial charge < -0.3 is 15.7 Å². The molecular formula is C8H10O4. The van der Waals surface area contributed by atoms with Crippen molar-refractivity contribution >= 4 is 5.97 Å². The molecule has 0 fully saturated rings. The molecule has 1 aromatic rings. The molecule has 0 unspecified atom stereocenters. The molecule has 0 saturated carbocycles. The number of carbonyl (C=O) groups is 1. The lowest BCUT2D eigenvalue weighted by molar-refractivity contribution is -0.136. The number of hydrogen-bond donors (Lipinski definition) is 2. The van der Waals surface area contributed by atoms with Gasteiger partial charge in [-0.25, -0.2) is 0 Å². The fourth-order valence-electron chi connectivity index (χ4n) is 0.788. The highest BCUT2D eigenvalue weighted by atomic mass is 16.4. The van der Waals surface area contributed by atoms with Crippen LogP contribution in [0, 0.1) is 0 Å². The quantitative estimate of drug-likeness (QED) is 0.664. The largest absolute Gasteiger partial charge is 0.508 e. The van der Waals surface area contributed by atoms with Crippen LogP contribution in [0.4, 0.5) is 0 Å². The van der Waals surface area contributed by atoms with E-state index >= 15 is 0 Å². The van der Waals surface area contributed by atoms with Crippen LogP contribution in [0.1, 0.15) is 5.56 Å². The van der Waals surface area contributed by atoms with E-state index < -0.39 is 5.97 Å². The second-order valence-electron chi connectivity index (χ2n) is 2.24. The molecule has 0 aliphatic heterocycles. The summed E-state index contributed by atoms with van der Waals surface area (Å²) in [5.41, 5.74) is 0.690. The van der Waals surface area contributed by atoms with Crippen molar-refractivity contribution in [2.24, 2.45) is 0 Å². The summed E-state index contributed by atoms with van der Waals surface area (Å²) < 4.78 is 0. The molecule has 0 atom stereocenters. The minimum absolute atomic E-state index is 0. The van der Waals surface area contributed by atoms with Crippen molar-refractivity contribution in [2.45, 2.75) is 6.42 Å². The molecule has 0 bridgehead atoms. The first-order valence-electron chi connectivity index (χ1n) is 3.18. The molecule has 4 nitrogen and oxygen atoms in total.